The van der Waals surface area contributed by atoms with Crippen molar-refractivity contribution >= 4 is 5.57 Å². The monoisotopic (exact) mass is 359 g/mol. The maximum absolute atomic E-state index is 6.08. The van der Waals surface area contributed by atoms with Crippen molar-refractivity contribution < 1.29 is 0 Å². The van der Waals surface area contributed by atoms with Gasteiger partial charge in [0.15, 0.2) is 0 Å². The highest BCUT2D eigenvalue weighted by Gasteiger charge is 2.39. The maximum atomic E-state index is 6.08. The molecule has 0 heterocycles. The minimum absolute atomic E-state index is 0.161. The van der Waals surface area contributed by atoms with Crippen LogP contribution < -0.4 is 5.73 Å². The van der Waals surface area contributed by atoms with Gasteiger partial charge in [-0.05, 0) is 87.3 Å². The zero-order chi connectivity index (χ0) is 19.4. The van der Waals surface area contributed by atoms with Crippen molar-refractivity contribution in [2.45, 2.75) is 58.3 Å². The molecule has 1 aromatic rings. The number of hydrogen-bond donors (Lipinski definition) is 1. The van der Waals surface area contributed by atoms with Gasteiger partial charge in [0.05, 0.1) is 0 Å². The SMILES string of the molecule is C=C(C)C(/C=C\C)=C(\C)c1cccc(C2(CCN)CC3=C(CCC=C3)C2)c1. The van der Waals surface area contributed by atoms with Crippen LogP contribution in [0.2, 0.25) is 0 Å². The van der Waals surface area contributed by atoms with Crippen molar-refractivity contribution in [3.8, 4) is 0 Å². The van der Waals surface area contributed by atoms with Crippen molar-refractivity contribution in [2.75, 3.05) is 6.54 Å². The fraction of sp³-hybridized carbons (Fsp3) is 0.385. The standard InChI is InChI=1S/C26H33N/c1-5-9-25(19(2)3)20(4)21-12-8-13-24(16-21)26(14-15-27)17-22-10-6-7-11-23(22)18-26/h5-6,8-10,12-13,16H,2,7,11,14-15,17-18,27H2,1,3-4H3/b9-5-,25-20+. The van der Waals surface area contributed by atoms with Crippen LogP contribution in [0.5, 0.6) is 0 Å². The highest BCUT2D eigenvalue weighted by Crippen LogP contribution is 2.49. The van der Waals surface area contributed by atoms with Gasteiger partial charge in [-0.3, -0.25) is 0 Å². The summed E-state index contributed by atoms with van der Waals surface area (Å²) >= 11 is 0. The maximum Gasteiger partial charge on any atom is 0.00428 e. The molecular weight excluding hydrogens is 326 g/mol. The van der Waals surface area contributed by atoms with Gasteiger partial charge in [0.25, 0.3) is 0 Å². The van der Waals surface area contributed by atoms with E-state index in [-0.39, 0.29) is 5.41 Å². The Bertz CT molecular complexity index is 847. The van der Waals surface area contributed by atoms with E-state index in [4.69, 9.17) is 5.73 Å². The quantitative estimate of drug-likeness (QED) is 0.566. The molecule has 0 radical (unpaired) electrons. The highest BCUT2D eigenvalue weighted by molar-refractivity contribution is 5.73. The lowest BCUT2D eigenvalue weighted by atomic mass is 9.73. The first kappa shape index (κ1) is 19.6. The molecule has 3 rings (SSSR count). The molecule has 27 heavy (non-hydrogen) atoms. The second-order valence-electron chi connectivity index (χ2n) is 8.14. The Labute approximate surface area is 165 Å². The first-order chi connectivity index (χ1) is 13.0. The Morgan fingerprint density at radius 1 is 1.26 bits per heavy atom. The number of nitrogens with two attached hydrogens (primary N) is 1. The molecule has 0 fully saturated rings. The summed E-state index contributed by atoms with van der Waals surface area (Å²) in [4.78, 5) is 0. The minimum atomic E-state index is 0.161. The van der Waals surface area contributed by atoms with Crippen molar-refractivity contribution in [3.63, 3.8) is 0 Å². The normalized spacial score (nSPS) is 23.0. The van der Waals surface area contributed by atoms with Crippen LogP contribution in [0.1, 0.15) is 64.0 Å². The molecule has 0 saturated carbocycles. The zero-order valence-corrected chi connectivity index (χ0v) is 17.1. The minimum Gasteiger partial charge on any atom is -0.330 e. The Balaban J connectivity index is 2.02. The largest absolute Gasteiger partial charge is 0.330 e. The van der Waals surface area contributed by atoms with Crippen LogP contribution in [-0.2, 0) is 5.41 Å². The Kier molecular flexibility index (Phi) is 6.01. The van der Waals surface area contributed by atoms with Crippen LogP contribution in [0.15, 0.2) is 77.4 Å². The number of benzene rings is 1. The lowest BCUT2D eigenvalue weighted by Crippen LogP contribution is -2.27. The van der Waals surface area contributed by atoms with Gasteiger partial charge < -0.3 is 5.73 Å². The van der Waals surface area contributed by atoms with Crippen LogP contribution in [0, 0.1) is 0 Å². The number of allylic oxidation sites excluding steroid dienone is 9. The zero-order valence-electron chi connectivity index (χ0n) is 17.1. The third-order valence-corrected chi connectivity index (χ3v) is 6.19. The molecule has 1 aromatic carbocycles. The Hall–Kier alpha value is -2.12. The van der Waals surface area contributed by atoms with Crippen LogP contribution in [0.25, 0.3) is 5.57 Å². The molecule has 0 aromatic heterocycles. The van der Waals surface area contributed by atoms with E-state index < -0.39 is 0 Å². The van der Waals surface area contributed by atoms with E-state index >= 15 is 0 Å². The van der Waals surface area contributed by atoms with Gasteiger partial charge in [0.2, 0.25) is 0 Å². The lowest BCUT2D eigenvalue weighted by molar-refractivity contribution is 0.417. The van der Waals surface area contributed by atoms with Gasteiger partial charge in [-0.25, -0.2) is 0 Å². The van der Waals surface area contributed by atoms with Gasteiger partial charge in [0, 0.05) is 5.41 Å². The van der Waals surface area contributed by atoms with Crippen molar-refractivity contribution in [1.82, 2.24) is 0 Å². The molecule has 142 valence electrons. The van der Waals surface area contributed by atoms with E-state index in [2.05, 4.69) is 75.9 Å². The Morgan fingerprint density at radius 2 is 2.07 bits per heavy atom. The molecule has 0 amide bonds. The van der Waals surface area contributed by atoms with E-state index in [0.29, 0.717) is 0 Å². The van der Waals surface area contributed by atoms with E-state index in [0.717, 1.165) is 31.4 Å². The summed E-state index contributed by atoms with van der Waals surface area (Å²) in [5.74, 6) is 0. The van der Waals surface area contributed by atoms with Gasteiger partial charge in [-0.2, -0.15) is 0 Å². The van der Waals surface area contributed by atoms with Crippen molar-refractivity contribution in [2.24, 2.45) is 5.73 Å². The fourth-order valence-electron chi connectivity index (χ4n) is 4.78. The molecule has 1 nitrogen and oxygen atoms in total. The fourth-order valence-corrected chi connectivity index (χ4v) is 4.78. The summed E-state index contributed by atoms with van der Waals surface area (Å²) in [5.41, 5.74) is 15.8. The first-order valence-corrected chi connectivity index (χ1v) is 10.2. The molecule has 0 spiro atoms. The second kappa shape index (κ2) is 8.27. The molecule has 2 aliphatic rings. The van der Waals surface area contributed by atoms with E-state index in [1.807, 2.05) is 0 Å². The van der Waals surface area contributed by atoms with E-state index in [1.165, 1.54) is 35.1 Å². The van der Waals surface area contributed by atoms with Crippen molar-refractivity contribution in [1.29, 1.82) is 0 Å². The Morgan fingerprint density at radius 3 is 2.74 bits per heavy atom. The molecule has 2 aliphatic carbocycles. The number of hydrogen-bond acceptors (Lipinski definition) is 1. The third-order valence-electron chi connectivity index (χ3n) is 6.19. The van der Waals surface area contributed by atoms with Crippen LogP contribution in [0.4, 0.5) is 0 Å². The molecule has 0 aliphatic heterocycles. The molecule has 0 bridgehead atoms. The average molecular weight is 360 g/mol. The molecule has 1 unspecified atom stereocenters. The molecule has 0 saturated heterocycles. The van der Waals surface area contributed by atoms with Crippen LogP contribution in [-0.4, -0.2) is 6.54 Å². The van der Waals surface area contributed by atoms with Crippen LogP contribution >= 0.6 is 0 Å². The first-order valence-electron chi connectivity index (χ1n) is 10.2. The third kappa shape index (κ3) is 3.94. The molecule has 1 heteroatoms. The summed E-state index contributed by atoms with van der Waals surface area (Å²) in [6, 6.07) is 9.15. The predicted molar refractivity (Wildman–Crippen MR) is 119 cm³/mol. The van der Waals surface area contributed by atoms with Crippen molar-refractivity contribution in [3.05, 3.63) is 88.6 Å². The summed E-state index contributed by atoms with van der Waals surface area (Å²) in [7, 11) is 0. The second-order valence-corrected chi connectivity index (χ2v) is 8.14. The van der Waals surface area contributed by atoms with E-state index in [9.17, 15) is 0 Å². The molecule has 2 N–H and O–H groups in total. The topological polar surface area (TPSA) is 26.0 Å². The summed E-state index contributed by atoms with van der Waals surface area (Å²) in [5, 5.41) is 0. The predicted octanol–water partition coefficient (Wildman–Crippen LogP) is 6.64. The van der Waals surface area contributed by atoms with Gasteiger partial charge in [-0.15, -0.1) is 0 Å². The summed E-state index contributed by atoms with van der Waals surface area (Å²) in [6.07, 6.45) is 14.7. The average Bonchev–Trinajstić information content (AvgIpc) is 3.05. The summed E-state index contributed by atoms with van der Waals surface area (Å²) < 4.78 is 0. The van der Waals surface area contributed by atoms with Gasteiger partial charge in [0.1, 0.15) is 0 Å². The summed E-state index contributed by atoms with van der Waals surface area (Å²) in [6.45, 7) is 11.3. The van der Waals surface area contributed by atoms with Gasteiger partial charge >= 0.3 is 0 Å². The van der Waals surface area contributed by atoms with Crippen LogP contribution in [0.3, 0.4) is 0 Å². The lowest BCUT2D eigenvalue weighted by Gasteiger charge is -2.31. The van der Waals surface area contributed by atoms with Gasteiger partial charge in [-0.1, -0.05) is 66.3 Å². The smallest absolute Gasteiger partial charge is 0.00428 e. The molecular formula is C26H33N. The highest BCUT2D eigenvalue weighted by atomic mass is 14.6. The van der Waals surface area contributed by atoms with E-state index in [1.54, 1.807) is 11.1 Å². The molecule has 1 atom stereocenters. The number of rotatable bonds is 6.